The molecular formula is C36H52O2. The van der Waals surface area contributed by atoms with Gasteiger partial charge in [0.1, 0.15) is 11.5 Å². The van der Waals surface area contributed by atoms with Crippen LogP contribution in [0.1, 0.15) is 117 Å². The maximum absolute atomic E-state index is 6.06. The molecule has 0 aliphatic carbocycles. The highest BCUT2D eigenvalue weighted by Gasteiger charge is 2.03. The molecule has 0 bridgehead atoms. The van der Waals surface area contributed by atoms with E-state index in [4.69, 9.17) is 9.47 Å². The number of ether oxygens (including phenoxy) is 2. The van der Waals surface area contributed by atoms with Gasteiger partial charge in [-0.2, -0.15) is 0 Å². The van der Waals surface area contributed by atoms with Gasteiger partial charge < -0.3 is 9.47 Å². The zero-order valence-electron chi connectivity index (χ0n) is 24.3. The van der Waals surface area contributed by atoms with Gasteiger partial charge in [-0.1, -0.05) is 134 Å². The quantitative estimate of drug-likeness (QED) is 0.131. The Kier molecular flexibility index (Phi) is 14.8. The van der Waals surface area contributed by atoms with Crippen molar-refractivity contribution in [3.8, 4) is 22.6 Å². The average molecular weight is 517 g/mol. The second-order valence-corrected chi connectivity index (χ2v) is 10.9. The summed E-state index contributed by atoms with van der Waals surface area (Å²) in [6, 6.07) is 21.7. The summed E-state index contributed by atoms with van der Waals surface area (Å²) in [5.41, 5.74) is 2.46. The summed E-state index contributed by atoms with van der Waals surface area (Å²) in [4.78, 5) is 0. The summed E-state index contributed by atoms with van der Waals surface area (Å²) < 4.78 is 12.0. The van der Waals surface area contributed by atoms with Crippen LogP contribution in [0.4, 0.5) is 0 Å². The Morgan fingerprint density at radius 1 is 0.395 bits per heavy atom. The molecule has 0 saturated heterocycles. The van der Waals surface area contributed by atoms with Crippen LogP contribution in [0.3, 0.4) is 0 Å². The van der Waals surface area contributed by atoms with Crippen molar-refractivity contribution < 1.29 is 9.47 Å². The number of fused-ring (bicyclic) bond motifs is 1. The molecule has 0 heterocycles. The third-order valence-electron chi connectivity index (χ3n) is 7.53. The first kappa shape index (κ1) is 30.1. The lowest BCUT2D eigenvalue weighted by Gasteiger charge is -2.10. The summed E-state index contributed by atoms with van der Waals surface area (Å²) in [5, 5.41) is 2.48. The highest BCUT2D eigenvalue weighted by molar-refractivity contribution is 5.88. The van der Waals surface area contributed by atoms with Crippen LogP contribution in [0.5, 0.6) is 11.5 Å². The molecule has 0 spiro atoms. The molecule has 2 heteroatoms. The van der Waals surface area contributed by atoms with Crippen molar-refractivity contribution >= 4 is 10.8 Å². The third-order valence-corrected chi connectivity index (χ3v) is 7.53. The predicted octanol–water partition coefficient (Wildman–Crippen LogP) is 11.5. The SMILES string of the molecule is CCCCCCCCCCCCOc1ccc2cc(-c3ccc(OCCCCCCCC)cc3)ccc2c1. The Morgan fingerprint density at radius 2 is 0.816 bits per heavy atom. The molecule has 3 aromatic carbocycles. The molecule has 38 heavy (non-hydrogen) atoms. The molecule has 0 unspecified atom stereocenters. The Morgan fingerprint density at radius 3 is 1.39 bits per heavy atom. The molecule has 0 saturated carbocycles. The molecule has 0 atom stereocenters. The van der Waals surface area contributed by atoms with Gasteiger partial charge in [-0.25, -0.2) is 0 Å². The van der Waals surface area contributed by atoms with E-state index in [1.54, 1.807) is 0 Å². The van der Waals surface area contributed by atoms with Crippen LogP contribution in [-0.4, -0.2) is 13.2 Å². The summed E-state index contributed by atoms with van der Waals surface area (Å²) in [7, 11) is 0. The number of unbranched alkanes of at least 4 members (excludes halogenated alkanes) is 14. The largest absolute Gasteiger partial charge is 0.494 e. The third kappa shape index (κ3) is 11.5. The van der Waals surface area contributed by atoms with E-state index in [-0.39, 0.29) is 0 Å². The topological polar surface area (TPSA) is 18.5 Å². The van der Waals surface area contributed by atoms with E-state index in [2.05, 4.69) is 74.5 Å². The Balaban J connectivity index is 1.36. The van der Waals surface area contributed by atoms with Crippen molar-refractivity contribution in [1.29, 1.82) is 0 Å². The van der Waals surface area contributed by atoms with E-state index >= 15 is 0 Å². The molecule has 0 radical (unpaired) electrons. The minimum atomic E-state index is 0.811. The first-order chi connectivity index (χ1) is 18.8. The molecule has 0 N–H and O–H groups in total. The average Bonchev–Trinajstić information content (AvgIpc) is 2.95. The minimum absolute atomic E-state index is 0.811. The van der Waals surface area contributed by atoms with Gasteiger partial charge in [-0.3, -0.25) is 0 Å². The van der Waals surface area contributed by atoms with Gasteiger partial charge >= 0.3 is 0 Å². The van der Waals surface area contributed by atoms with Crippen molar-refractivity contribution in [2.24, 2.45) is 0 Å². The molecule has 0 aromatic heterocycles. The maximum Gasteiger partial charge on any atom is 0.119 e. The second kappa shape index (κ2) is 18.7. The van der Waals surface area contributed by atoms with Gasteiger partial charge in [-0.05, 0) is 65.1 Å². The van der Waals surface area contributed by atoms with Crippen LogP contribution < -0.4 is 9.47 Å². The highest BCUT2D eigenvalue weighted by atomic mass is 16.5. The van der Waals surface area contributed by atoms with E-state index in [9.17, 15) is 0 Å². The number of hydrogen-bond donors (Lipinski definition) is 0. The van der Waals surface area contributed by atoms with E-state index in [0.717, 1.165) is 37.6 Å². The molecule has 3 rings (SSSR count). The zero-order chi connectivity index (χ0) is 26.7. The standard InChI is InChI=1S/C36H52O2/c1-3-5-7-9-11-12-13-14-16-18-28-38-36-26-23-33-29-32(19-20-34(33)30-36)31-21-24-35(25-22-31)37-27-17-15-10-8-6-4-2/h19-26,29-30H,3-18,27-28H2,1-2H3. The zero-order valence-corrected chi connectivity index (χ0v) is 24.3. The first-order valence-corrected chi connectivity index (χ1v) is 15.7. The number of hydrogen-bond acceptors (Lipinski definition) is 2. The second-order valence-electron chi connectivity index (χ2n) is 10.9. The van der Waals surface area contributed by atoms with Gasteiger partial charge in [0.15, 0.2) is 0 Å². The summed E-state index contributed by atoms with van der Waals surface area (Å²) >= 11 is 0. The molecule has 0 aliphatic heterocycles. The minimum Gasteiger partial charge on any atom is -0.494 e. The van der Waals surface area contributed by atoms with E-state index < -0.39 is 0 Å². The summed E-state index contributed by atoms with van der Waals surface area (Å²) in [5.74, 6) is 1.94. The Labute approximate surface area is 233 Å². The first-order valence-electron chi connectivity index (χ1n) is 15.7. The Bertz CT molecular complexity index is 1010. The van der Waals surface area contributed by atoms with Crippen LogP contribution in [0.15, 0.2) is 60.7 Å². The lowest BCUT2D eigenvalue weighted by atomic mass is 10.0. The lowest BCUT2D eigenvalue weighted by Crippen LogP contribution is -1.97. The van der Waals surface area contributed by atoms with Crippen molar-refractivity contribution in [3.05, 3.63) is 60.7 Å². The monoisotopic (exact) mass is 516 g/mol. The maximum atomic E-state index is 6.06. The van der Waals surface area contributed by atoms with Crippen molar-refractivity contribution in [3.63, 3.8) is 0 Å². The summed E-state index contributed by atoms with van der Waals surface area (Å²) in [6.07, 6.45) is 21.2. The normalized spacial score (nSPS) is 11.2. The van der Waals surface area contributed by atoms with Crippen LogP contribution in [0.2, 0.25) is 0 Å². The fourth-order valence-electron chi connectivity index (χ4n) is 5.09. The molecule has 2 nitrogen and oxygen atoms in total. The van der Waals surface area contributed by atoms with Crippen molar-refractivity contribution in [2.45, 2.75) is 117 Å². The predicted molar refractivity (Wildman–Crippen MR) is 166 cm³/mol. The number of rotatable bonds is 21. The van der Waals surface area contributed by atoms with Gasteiger partial charge in [0.25, 0.3) is 0 Å². The molecule has 3 aromatic rings. The van der Waals surface area contributed by atoms with Crippen LogP contribution in [0.25, 0.3) is 21.9 Å². The lowest BCUT2D eigenvalue weighted by molar-refractivity contribution is 0.304. The van der Waals surface area contributed by atoms with Gasteiger partial charge in [-0.15, -0.1) is 0 Å². The van der Waals surface area contributed by atoms with Crippen LogP contribution >= 0.6 is 0 Å². The Hall–Kier alpha value is -2.48. The fourth-order valence-corrected chi connectivity index (χ4v) is 5.09. The number of benzene rings is 3. The van der Waals surface area contributed by atoms with Crippen LogP contribution in [-0.2, 0) is 0 Å². The smallest absolute Gasteiger partial charge is 0.119 e. The molecule has 0 amide bonds. The van der Waals surface area contributed by atoms with Crippen LogP contribution in [0, 0.1) is 0 Å². The highest BCUT2D eigenvalue weighted by Crippen LogP contribution is 2.28. The van der Waals surface area contributed by atoms with E-state index in [1.165, 1.54) is 112 Å². The van der Waals surface area contributed by atoms with Crippen molar-refractivity contribution in [1.82, 2.24) is 0 Å². The fraction of sp³-hybridized carbons (Fsp3) is 0.556. The molecule has 208 valence electrons. The van der Waals surface area contributed by atoms with Crippen molar-refractivity contribution in [2.75, 3.05) is 13.2 Å². The van der Waals surface area contributed by atoms with Gasteiger partial charge in [0, 0.05) is 0 Å². The molecular weight excluding hydrogens is 464 g/mol. The van der Waals surface area contributed by atoms with Gasteiger partial charge in [0.05, 0.1) is 13.2 Å². The van der Waals surface area contributed by atoms with E-state index in [0.29, 0.717) is 0 Å². The molecule has 0 fully saturated rings. The molecule has 0 aliphatic rings. The summed E-state index contributed by atoms with van der Waals surface area (Å²) in [6.45, 7) is 6.17. The van der Waals surface area contributed by atoms with E-state index in [1.807, 2.05) is 0 Å². The van der Waals surface area contributed by atoms with Gasteiger partial charge in [0.2, 0.25) is 0 Å².